The van der Waals surface area contributed by atoms with Gasteiger partial charge in [-0.25, -0.2) is 4.79 Å². The zero-order valence-electron chi connectivity index (χ0n) is 11.2. The molecule has 1 aromatic carbocycles. The Hall–Kier alpha value is -1.54. The Kier molecular flexibility index (Phi) is 7.10. The van der Waals surface area contributed by atoms with Gasteiger partial charge in [0, 0.05) is 25.2 Å². The Labute approximate surface area is 125 Å². The van der Waals surface area contributed by atoms with Crippen LogP contribution in [0.5, 0.6) is 0 Å². The summed E-state index contributed by atoms with van der Waals surface area (Å²) >= 11 is 0. The normalized spacial score (nSPS) is 14.9. The lowest BCUT2D eigenvalue weighted by atomic mass is 10.1. The number of hydrogen-bond acceptors (Lipinski definition) is 4. The highest BCUT2D eigenvalue weighted by atomic mass is 35.5. The summed E-state index contributed by atoms with van der Waals surface area (Å²) in [6, 6.07) is 6.84. The predicted molar refractivity (Wildman–Crippen MR) is 79.2 cm³/mol. The minimum absolute atomic E-state index is 0. The van der Waals surface area contributed by atoms with Crippen LogP contribution in [0.3, 0.4) is 0 Å². The van der Waals surface area contributed by atoms with Crippen molar-refractivity contribution in [1.29, 1.82) is 0 Å². The molecular formula is C15H18ClNO3. The highest BCUT2D eigenvalue weighted by molar-refractivity contribution is 5.89. The number of carbonyl (C=O) groups is 1. The monoisotopic (exact) mass is 295 g/mol. The first-order valence-corrected chi connectivity index (χ1v) is 6.33. The van der Waals surface area contributed by atoms with Crippen molar-refractivity contribution in [2.75, 3.05) is 39.5 Å². The smallest absolute Gasteiger partial charge is 0.338 e. The molecule has 0 aromatic heterocycles. The van der Waals surface area contributed by atoms with Crippen molar-refractivity contribution < 1.29 is 14.3 Å². The molecule has 0 atom stereocenters. The molecule has 5 heteroatoms. The van der Waals surface area contributed by atoms with Gasteiger partial charge in [-0.2, -0.15) is 0 Å². The molecule has 0 radical (unpaired) electrons. The summed E-state index contributed by atoms with van der Waals surface area (Å²) in [7, 11) is 0. The quantitative estimate of drug-likeness (QED) is 0.624. The van der Waals surface area contributed by atoms with Gasteiger partial charge in [0.05, 0.1) is 18.8 Å². The number of benzene rings is 1. The second-order valence-electron chi connectivity index (χ2n) is 4.31. The van der Waals surface area contributed by atoms with Crippen molar-refractivity contribution in [2.24, 2.45) is 0 Å². The van der Waals surface area contributed by atoms with Crippen LogP contribution in [0.2, 0.25) is 0 Å². The van der Waals surface area contributed by atoms with E-state index in [0.717, 1.165) is 38.4 Å². The van der Waals surface area contributed by atoms with E-state index in [4.69, 9.17) is 15.9 Å². The Morgan fingerprint density at radius 1 is 1.30 bits per heavy atom. The summed E-state index contributed by atoms with van der Waals surface area (Å²) in [6.45, 7) is 4.44. The number of esters is 1. The largest absolute Gasteiger partial charge is 0.461 e. The van der Waals surface area contributed by atoms with E-state index in [2.05, 4.69) is 10.8 Å². The molecule has 1 heterocycles. The average Bonchev–Trinajstić information content (AvgIpc) is 2.48. The molecule has 108 valence electrons. The summed E-state index contributed by atoms with van der Waals surface area (Å²) in [5.74, 6) is 2.20. The summed E-state index contributed by atoms with van der Waals surface area (Å²) in [5.41, 5.74) is 1.28. The molecule has 2 rings (SSSR count). The molecule has 0 spiro atoms. The molecule has 0 aliphatic carbocycles. The van der Waals surface area contributed by atoms with Gasteiger partial charge in [0.1, 0.15) is 6.61 Å². The van der Waals surface area contributed by atoms with E-state index in [0.29, 0.717) is 12.2 Å². The maximum atomic E-state index is 11.8. The Morgan fingerprint density at radius 2 is 1.95 bits per heavy atom. The SMILES string of the molecule is C#Cc1ccc(C(=O)OCCN2CCOCC2)cc1.Cl. The van der Waals surface area contributed by atoms with Gasteiger partial charge in [-0.05, 0) is 24.3 Å². The lowest BCUT2D eigenvalue weighted by Gasteiger charge is -2.26. The van der Waals surface area contributed by atoms with Gasteiger partial charge in [0.15, 0.2) is 0 Å². The molecule has 1 saturated heterocycles. The Bertz CT molecular complexity index is 461. The zero-order chi connectivity index (χ0) is 13.5. The molecule has 0 saturated carbocycles. The highest BCUT2D eigenvalue weighted by Gasteiger charge is 2.11. The Balaban J connectivity index is 0.00000200. The van der Waals surface area contributed by atoms with Gasteiger partial charge in [-0.1, -0.05) is 5.92 Å². The maximum absolute atomic E-state index is 11.8. The molecule has 0 unspecified atom stereocenters. The zero-order valence-corrected chi connectivity index (χ0v) is 12.0. The van der Waals surface area contributed by atoms with Crippen molar-refractivity contribution in [2.45, 2.75) is 0 Å². The van der Waals surface area contributed by atoms with Gasteiger partial charge in [-0.15, -0.1) is 18.8 Å². The first-order valence-electron chi connectivity index (χ1n) is 6.33. The molecule has 0 bridgehead atoms. The van der Waals surface area contributed by atoms with Crippen LogP contribution in [0.1, 0.15) is 15.9 Å². The second-order valence-corrected chi connectivity index (χ2v) is 4.31. The summed E-state index contributed by atoms with van der Waals surface area (Å²) < 4.78 is 10.5. The number of terminal acetylenes is 1. The molecule has 4 nitrogen and oxygen atoms in total. The minimum atomic E-state index is -0.308. The number of hydrogen-bond donors (Lipinski definition) is 0. The molecule has 20 heavy (non-hydrogen) atoms. The fourth-order valence-corrected chi connectivity index (χ4v) is 1.88. The average molecular weight is 296 g/mol. The van der Waals surface area contributed by atoms with Gasteiger partial charge < -0.3 is 9.47 Å². The maximum Gasteiger partial charge on any atom is 0.338 e. The Morgan fingerprint density at radius 3 is 2.55 bits per heavy atom. The van der Waals surface area contributed by atoms with Gasteiger partial charge >= 0.3 is 5.97 Å². The molecule has 1 aliphatic rings. The summed E-state index contributed by atoms with van der Waals surface area (Å²) in [5, 5.41) is 0. The van der Waals surface area contributed by atoms with Crippen LogP contribution in [0.4, 0.5) is 0 Å². The number of ether oxygens (including phenoxy) is 2. The number of carbonyl (C=O) groups excluding carboxylic acids is 1. The van der Waals surface area contributed by atoms with E-state index >= 15 is 0 Å². The van der Waals surface area contributed by atoms with E-state index in [-0.39, 0.29) is 18.4 Å². The highest BCUT2D eigenvalue weighted by Crippen LogP contribution is 2.05. The van der Waals surface area contributed by atoms with Crippen LogP contribution in [-0.2, 0) is 9.47 Å². The van der Waals surface area contributed by atoms with Crippen molar-refractivity contribution in [3.8, 4) is 12.3 Å². The van der Waals surface area contributed by atoms with E-state index < -0.39 is 0 Å². The first kappa shape index (κ1) is 16.5. The van der Waals surface area contributed by atoms with Crippen LogP contribution in [0.15, 0.2) is 24.3 Å². The van der Waals surface area contributed by atoms with Crippen LogP contribution in [-0.4, -0.2) is 50.3 Å². The third-order valence-electron chi connectivity index (χ3n) is 3.03. The predicted octanol–water partition coefficient (Wildman–Crippen LogP) is 1.58. The minimum Gasteiger partial charge on any atom is -0.461 e. The third-order valence-corrected chi connectivity index (χ3v) is 3.03. The van der Waals surface area contributed by atoms with Crippen molar-refractivity contribution in [3.05, 3.63) is 35.4 Å². The van der Waals surface area contributed by atoms with Gasteiger partial charge in [0.2, 0.25) is 0 Å². The lowest BCUT2D eigenvalue weighted by Crippen LogP contribution is -2.38. The lowest BCUT2D eigenvalue weighted by molar-refractivity contribution is 0.0195. The number of morpholine rings is 1. The van der Waals surface area contributed by atoms with E-state index in [9.17, 15) is 4.79 Å². The number of halogens is 1. The first-order chi connectivity index (χ1) is 9.29. The van der Waals surface area contributed by atoms with E-state index in [1.807, 2.05) is 0 Å². The van der Waals surface area contributed by atoms with Crippen molar-refractivity contribution >= 4 is 18.4 Å². The van der Waals surface area contributed by atoms with E-state index in [1.165, 1.54) is 0 Å². The van der Waals surface area contributed by atoms with Crippen LogP contribution in [0.25, 0.3) is 0 Å². The molecule has 1 aliphatic heterocycles. The summed E-state index contributed by atoms with van der Waals surface area (Å²) in [4.78, 5) is 14.0. The fourth-order valence-electron chi connectivity index (χ4n) is 1.88. The summed E-state index contributed by atoms with van der Waals surface area (Å²) in [6.07, 6.45) is 5.26. The molecule has 1 fully saturated rings. The fraction of sp³-hybridized carbons (Fsp3) is 0.400. The van der Waals surface area contributed by atoms with Crippen molar-refractivity contribution in [1.82, 2.24) is 4.90 Å². The molecular weight excluding hydrogens is 278 g/mol. The van der Waals surface area contributed by atoms with E-state index in [1.54, 1.807) is 24.3 Å². The van der Waals surface area contributed by atoms with Crippen molar-refractivity contribution in [3.63, 3.8) is 0 Å². The van der Waals surface area contributed by atoms with Gasteiger partial charge in [0.25, 0.3) is 0 Å². The molecule has 0 N–H and O–H groups in total. The second kappa shape index (κ2) is 8.60. The molecule has 1 aromatic rings. The van der Waals surface area contributed by atoms with Crippen LogP contribution >= 0.6 is 12.4 Å². The number of rotatable bonds is 4. The standard InChI is InChI=1S/C15H17NO3.ClH/c1-2-13-3-5-14(6-4-13)15(17)19-12-9-16-7-10-18-11-8-16;/h1,3-6H,7-12H2;1H. The molecule has 0 amide bonds. The van der Waals surface area contributed by atoms with Crippen LogP contribution < -0.4 is 0 Å². The third kappa shape index (κ3) is 4.86. The topological polar surface area (TPSA) is 38.8 Å². The number of nitrogens with zero attached hydrogens (tertiary/aromatic N) is 1. The van der Waals surface area contributed by atoms with Gasteiger partial charge in [-0.3, -0.25) is 4.90 Å². The van der Waals surface area contributed by atoms with Crippen LogP contribution in [0, 0.1) is 12.3 Å².